The van der Waals surface area contributed by atoms with Crippen molar-refractivity contribution in [3.8, 4) is 22.9 Å². The summed E-state index contributed by atoms with van der Waals surface area (Å²) in [6, 6.07) is 12.0. The second kappa shape index (κ2) is 8.14. The number of methoxy groups -OCH3 is 1. The van der Waals surface area contributed by atoms with E-state index >= 15 is 0 Å². The number of hydrogen-bond acceptors (Lipinski definition) is 6. The van der Waals surface area contributed by atoms with Crippen LogP contribution in [0.2, 0.25) is 0 Å². The average Bonchev–Trinajstić information content (AvgIpc) is 3.31. The number of nitrogens with zero attached hydrogens (tertiary/aromatic N) is 3. The molecule has 2 heterocycles. The number of aromatic nitrogens is 3. The summed E-state index contributed by atoms with van der Waals surface area (Å²) in [6.07, 6.45) is 2.84. The highest BCUT2D eigenvalue weighted by atomic mass is 32.2. The van der Waals surface area contributed by atoms with Crippen LogP contribution >= 0.6 is 11.8 Å². The molecule has 1 aromatic heterocycles. The quantitative estimate of drug-likeness (QED) is 0.554. The summed E-state index contributed by atoms with van der Waals surface area (Å²) in [4.78, 5) is 0. The van der Waals surface area contributed by atoms with Crippen LogP contribution in [0.25, 0.3) is 5.69 Å². The van der Waals surface area contributed by atoms with E-state index in [1.165, 1.54) is 5.56 Å². The molecule has 6 nitrogen and oxygen atoms in total. The van der Waals surface area contributed by atoms with E-state index in [0.717, 1.165) is 40.1 Å². The fourth-order valence-electron chi connectivity index (χ4n) is 3.34. The van der Waals surface area contributed by atoms with Crippen molar-refractivity contribution in [2.24, 2.45) is 0 Å². The van der Waals surface area contributed by atoms with Crippen molar-refractivity contribution in [1.82, 2.24) is 14.8 Å². The Balaban J connectivity index is 1.59. The SMILES string of the molecule is CCOc1cc2c(cc1CSc1nncn1-c1ccccc1OC)OC(C)C2. The van der Waals surface area contributed by atoms with Crippen LogP contribution in [0.1, 0.15) is 25.0 Å². The Kier molecular flexibility index (Phi) is 5.43. The molecule has 0 saturated carbocycles. The molecule has 28 heavy (non-hydrogen) atoms. The first-order valence-corrected chi connectivity index (χ1v) is 10.3. The van der Waals surface area contributed by atoms with Crippen molar-refractivity contribution in [2.45, 2.75) is 37.3 Å². The molecule has 0 bridgehead atoms. The molecular weight excluding hydrogens is 374 g/mol. The van der Waals surface area contributed by atoms with Gasteiger partial charge in [0.1, 0.15) is 29.7 Å². The van der Waals surface area contributed by atoms with Gasteiger partial charge in [-0.05, 0) is 38.1 Å². The Morgan fingerprint density at radius 1 is 1.25 bits per heavy atom. The lowest BCUT2D eigenvalue weighted by atomic mass is 10.1. The van der Waals surface area contributed by atoms with Gasteiger partial charge in [-0.15, -0.1) is 10.2 Å². The van der Waals surface area contributed by atoms with E-state index in [9.17, 15) is 0 Å². The van der Waals surface area contributed by atoms with Crippen LogP contribution in [-0.2, 0) is 12.2 Å². The Morgan fingerprint density at radius 3 is 2.93 bits per heavy atom. The van der Waals surface area contributed by atoms with Gasteiger partial charge in [-0.1, -0.05) is 23.9 Å². The van der Waals surface area contributed by atoms with Crippen molar-refractivity contribution < 1.29 is 14.2 Å². The molecule has 0 fully saturated rings. The van der Waals surface area contributed by atoms with E-state index in [0.29, 0.717) is 12.4 Å². The minimum absolute atomic E-state index is 0.209. The number of para-hydroxylation sites is 2. The second-order valence-electron chi connectivity index (χ2n) is 6.58. The summed E-state index contributed by atoms with van der Waals surface area (Å²) >= 11 is 1.61. The van der Waals surface area contributed by atoms with Gasteiger partial charge in [-0.25, -0.2) is 0 Å². The number of hydrogen-bond donors (Lipinski definition) is 0. The molecule has 146 valence electrons. The Morgan fingerprint density at radius 2 is 2.11 bits per heavy atom. The largest absolute Gasteiger partial charge is 0.495 e. The van der Waals surface area contributed by atoms with E-state index in [1.54, 1.807) is 25.2 Å². The van der Waals surface area contributed by atoms with Crippen LogP contribution in [-0.4, -0.2) is 34.6 Å². The molecule has 4 rings (SSSR count). The third-order valence-electron chi connectivity index (χ3n) is 4.60. The molecule has 0 amide bonds. The summed E-state index contributed by atoms with van der Waals surface area (Å²) < 4.78 is 19.2. The first-order valence-electron chi connectivity index (χ1n) is 9.31. The van der Waals surface area contributed by atoms with Crippen molar-refractivity contribution in [3.05, 3.63) is 53.9 Å². The fraction of sp³-hybridized carbons (Fsp3) is 0.333. The van der Waals surface area contributed by atoms with Gasteiger partial charge in [0.25, 0.3) is 0 Å². The topological polar surface area (TPSA) is 58.4 Å². The van der Waals surface area contributed by atoms with E-state index in [4.69, 9.17) is 14.2 Å². The fourth-order valence-corrected chi connectivity index (χ4v) is 4.24. The molecule has 7 heteroatoms. The first-order chi connectivity index (χ1) is 13.7. The molecule has 0 spiro atoms. The van der Waals surface area contributed by atoms with Crippen molar-refractivity contribution in [1.29, 1.82) is 0 Å². The lowest BCUT2D eigenvalue weighted by Gasteiger charge is -2.13. The minimum atomic E-state index is 0.209. The highest BCUT2D eigenvalue weighted by Gasteiger charge is 2.22. The Hall–Kier alpha value is -2.67. The normalized spacial score (nSPS) is 15.2. The van der Waals surface area contributed by atoms with Crippen LogP contribution < -0.4 is 14.2 Å². The standard InChI is InChI=1S/C21H23N3O3S/c1-4-26-19-10-15-9-14(2)27-20(15)11-16(19)12-28-21-23-22-13-24(21)17-7-5-6-8-18(17)25-3/h5-8,10-11,13-14H,4,9,12H2,1-3H3. The van der Waals surface area contributed by atoms with Gasteiger partial charge < -0.3 is 14.2 Å². The van der Waals surface area contributed by atoms with Crippen molar-refractivity contribution >= 4 is 11.8 Å². The van der Waals surface area contributed by atoms with Gasteiger partial charge in [0.15, 0.2) is 5.16 Å². The zero-order valence-corrected chi connectivity index (χ0v) is 17.0. The van der Waals surface area contributed by atoms with Crippen LogP contribution in [0, 0.1) is 0 Å². The maximum absolute atomic E-state index is 5.93. The summed E-state index contributed by atoms with van der Waals surface area (Å²) in [7, 11) is 1.66. The van der Waals surface area contributed by atoms with Gasteiger partial charge >= 0.3 is 0 Å². The Labute approximate surface area is 168 Å². The lowest BCUT2D eigenvalue weighted by Crippen LogP contribution is -2.05. The summed E-state index contributed by atoms with van der Waals surface area (Å²) in [5, 5.41) is 9.18. The van der Waals surface area contributed by atoms with Crippen molar-refractivity contribution in [3.63, 3.8) is 0 Å². The van der Waals surface area contributed by atoms with Gasteiger partial charge in [0.2, 0.25) is 0 Å². The molecule has 2 aromatic carbocycles. The zero-order chi connectivity index (χ0) is 19.5. The van der Waals surface area contributed by atoms with Crippen LogP contribution in [0.3, 0.4) is 0 Å². The monoisotopic (exact) mass is 397 g/mol. The van der Waals surface area contributed by atoms with Gasteiger partial charge in [-0.2, -0.15) is 0 Å². The lowest BCUT2D eigenvalue weighted by molar-refractivity contribution is 0.254. The van der Waals surface area contributed by atoms with Gasteiger partial charge in [0, 0.05) is 23.3 Å². The number of fused-ring (bicyclic) bond motifs is 1. The summed E-state index contributed by atoms with van der Waals surface area (Å²) in [5.74, 6) is 3.35. The molecule has 0 saturated heterocycles. The summed E-state index contributed by atoms with van der Waals surface area (Å²) in [5.41, 5.74) is 3.21. The molecule has 1 aliphatic heterocycles. The van der Waals surface area contributed by atoms with Gasteiger partial charge in [0.05, 0.1) is 19.4 Å². The number of ether oxygens (including phenoxy) is 3. The number of benzene rings is 2. The smallest absolute Gasteiger partial charge is 0.196 e. The predicted octanol–water partition coefficient (Wildman–Crippen LogP) is 4.29. The predicted molar refractivity (Wildman–Crippen MR) is 109 cm³/mol. The van der Waals surface area contributed by atoms with Crippen LogP contribution in [0.15, 0.2) is 47.9 Å². The zero-order valence-electron chi connectivity index (χ0n) is 16.2. The third-order valence-corrected chi connectivity index (χ3v) is 5.59. The Bertz CT molecular complexity index is 973. The maximum Gasteiger partial charge on any atom is 0.196 e. The third kappa shape index (κ3) is 3.67. The van der Waals surface area contributed by atoms with Crippen LogP contribution in [0.5, 0.6) is 17.2 Å². The summed E-state index contributed by atoms with van der Waals surface area (Å²) in [6.45, 7) is 4.72. The second-order valence-corrected chi connectivity index (χ2v) is 7.52. The minimum Gasteiger partial charge on any atom is -0.495 e. The van der Waals surface area contributed by atoms with E-state index in [-0.39, 0.29) is 6.10 Å². The van der Waals surface area contributed by atoms with Gasteiger partial charge in [-0.3, -0.25) is 4.57 Å². The first kappa shape index (κ1) is 18.7. The molecule has 1 atom stereocenters. The molecule has 0 aliphatic carbocycles. The number of thioether (sulfide) groups is 1. The average molecular weight is 398 g/mol. The van der Waals surface area contributed by atoms with Crippen LogP contribution in [0.4, 0.5) is 0 Å². The molecule has 0 radical (unpaired) electrons. The highest BCUT2D eigenvalue weighted by Crippen LogP contribution is 2.38. The van der Waals surface area contributed by atoms with Crippen molar-refractivity contribution in [2.75, 3.05) is 13.7 Å². The highest BCUT2D eigenvalue weighted by molar-refractivity contribution is 7.98. The molecule has 1 unspecified atom stereocenters. The van der Waals surface area contributed by atoms with E-state index in [1.807, 2.05) is 35.8 Å². The van der Waals surface area contributed by atoms with E-state index < -0.39 is 0 Å². The molecular formula is C21H23N3O3S. The van der Waals surface area contributed by atoms with E-state index in [2.05, 4.69) is 29.3 Å². The number of rotatable bonds is 7. The molecule has 1 aliphatic rings. The maximum atomic E-state index is 5.93. The molecule has 0 N–H and O–H groups in total. The molecule has 3 aromatic rings.